The minimum absolute atomic E-state index is 0.0327. The van der Waals surface area contributed by atoms with Crippen molar-refractivity contribution in [1.29, 1.82) is 0 Å². The summed E-state index contributed by atoms with van der Waals surface area (Å²) in [6.07, 6.45) is 2.15. The minimum atomic E-state index is 0.0327. The first-order chi connectivity index (χ1) is 8.24. The van der Waals surface area contributed by atoms with Crippen LogP contribution in [0, 0.1) is 0 Å². The molecule has 4 nitrogen and oxygen atoms in total. The summed E-state index contributed by atoms with van der Waals surface area (Å²) in [6.45, 7) is 2.22. The maximum absolute atomic E-state index is 11.8. The topological polar surface area (TPSA) is 58.4 Å². The normalized spacial score (nSPS) is 21.1. The van der Waals surface area contributed by atoms with Crippen molar-refractivity contribution in [3.8, 4) is 0 Å². The van der Waals surface area contributed by atoms with Gasteiger partial charge in [-0.2, -0.15) is 0 Å². The number of hydrogen-bond acceptors (Lipinski definition) is 3. The predicted molar refractivity (Wildman–Crippen MR) is 68.7 cm³/mol. The number of hydrogen-bond donors (Lipinski definition) is 2. The molecule has 1 fully saturated rings. The van der Waals surface area contributed by atoms with Crippen LogP contribution in [0.1, 0.15) is 12.8 Å². The molecule has 3 N–H and O–H groups in total. The van der Waals surface area contributed by atoms with Gasteiger partial charge in [-0.3, -0.25) is 9.69 Å². The van der Waals surface area contributed by atoms with Crippen LogP contribution in [0.25, 0.3) is 0 Å². The van der Waals surface area contributed by atoms with Crippen molar-refractivity contribution in [3.63, 3.8) is 0 Å². The van der Waals surface area contributed by atoms with Crippen LogP contribution in [-0.2, 0) is 4.79 Å². The van der Waals surface area contributed by atoms with Crippen LogP contribution in [-0.4, -0.2) is 36.5 Å². The minimum Gasteiger partial charge on any atom is -0.327 e. The molecule has 0 aliphatic carbocycles. The lowest BCUT2D eigenvalue weighted by Gasteiger charge is -2.29. The standard InChI is InChI=1S/C13H19N3O/c14-11-5-4-8-16(9-11)10-13(17)15-12-6-2-1-3-7-12/h1-3,6-7,11H,4-5,8-10,14H2,(H,15,17)/t11-/m0/s1. The van der Waals surface area contributed by atoms with Gasteiger partial charge < -0.3 is 11.1 Å². The molecule has 0 radical (unpaired) electrons. The molecule has 0 unspecified atom stereocenters. The summed E-state index contributed by atoms with van der Waals surface area (Å²) >= 11 is 0. The van der Waals surface area contributed by atoms with E-state index in [9.17, 15) is 4.79 Å². The Labute approximate surface area is 102 Å². The molecule has 4 heteroatoms. The lowest BCUT2D eigenvalue weighted by Crippen LogP contribution is -2.45. The van der Waals surface area contributed by atoms with Gasteiger partial charge in [-0.1, -0.05) is 18.2 Å². The van der Waals surface area contributed by atoms with Crippen molar-refractivity contribution in [1.82, 2.24) is 4.90 Å². The Hall–Kier alpha value is -1.39. The van der Waals surface area contributed by atoms with Crippen LogP contribution in [0.4, 0.5) is 5.69 Å². The second-order valence-electron chi connectivity index (χ2n) is 4.55. The van der Waals surface area contributed by atoms with E-state index in [4.69, 9.17) is 5.73 Å². The number of anilines is 1. The van der Waals surface area contributed by atoms with Crippen LogP contribution < -0.4 is 11.1 Å². The molecule has 17 heavy (non-hydrogen) atoms. The molecule has 0 saturated carbocycles. The van der Waals surface area contributed by atoms with Gasteiger partial charge in [0.05, 0.1) is 6.54 Å². The van der Waals surface area contributed by atoms with Crippen molar-refractivity contribution in [2.24, 2.45) is 5.73 Å². The number of nitrogens with zero attached hydrogens (tertiary/aromatic N) is 1. The molecule has 0 aromatic heterocycles. The fraction of sp³-hybridized carbons (Fsp3) is 0.462. The number of amides is 1. The van der Waals surface area contributed by atoms with Gasteiger partial charge in [-0.05, 0) is 31.5 Å². The number of nitrogens with one attached hydrogen (secondary N) is 1. The number of likely N-dealkylation sites (tertiary alicyclic amines) is 1. The first kappa shape index (κ1) is 12.1. The van der Waals surface area contributed by atoms with E-state index in [1.165, 1.54) is 0 Å². The van der Waals surface area contributed by atoms with Gasteiger partial charge in [-0.15, -0.1) is 0 Å². The molecule has 1 atom stereocenters. The molecule has 1 aliphatic heterocycles. The maximum atomic E-state index is 11.8. The van der Waals surface area contributed by atoms with Crippen molar-refractivity contribution in [2.75, 3.05) is 25.0 Å². The summed E-state index contributed by atoms with van der Waals surface area (Å²) in [6, 6.07) is 9.74. The zero-order valence-electron chi connectivity index (χ0n) is 9.93. The van der Waals surface area contributed by atoms with Gasteiger partial charge >= 0.3 is 0 Å². The Morgan fingerprint density at radius 2 is 2.18 bits per heavy atom. The lowest BCUT2D eigenvalue weighted by atomic mass is 10.1. The third kappa shape index (κ3) is 3.84. The average Bonchev–Trinajstić information content (AvgIpc) is 2.30. The molecular formula is C13H19N3O. The summed E-state index contributed by atoms with van der Waals surface area (Å²) in [7, 11) is 0. The van der Waals surface area contributed by atoms with E-state index in [-0.39, 0.29) is 11.9 Å². The number of carbonyl (C=O) groups excluding carboxylic acids is 1. The van der Waals surface area contributed by atoms with Crippen LogP contribution in [0.15, 0.2) is 30.3 Å². The zero-order valence-corrected chi connectivity index (χ0v) is 9.93. The summed E-state index contributed by atoms with van der Waals surface area (Å²) in [5, 5.41) is 2.88. The van der Waals surface area contributed by atoms with E-state index >= 15 is 0 Å². The highest BCUT2D eigenvalue weighted by Gasteiger charge is 2.18. The number of benzene rings is 1. The van der Waals surface area contributed by atoms with Gasteiger partial charge in [0.15, 0.2) is 0 Å². The molecule has 0 bridgehead atoms. The molecular weight excluding hydrogens is 214 g/mol. The van der Waals surface area contributed by atoms with Crippen LogP contribution in [0.3, 0.4) is 0 Å². The van der Waals surface area contributed by atoms with E-state index in [2.05, 4.69) is 10.2 Å². The van der Waals surface area contributed by atoms with E-state index in [0.717, 1.165) is 31.6 Å². The molecule has 0 spiro atoms. The SMILES string of the molecule is N[C@H]1CCCN(CC(=O)Nc2ccccc2)C1. The van der Waals surface area contributed by atoms with Crippen molar-refractivity contribution in [3.05, 3.63) is 30.3 Å². The first-order valence-corrected chi connectivity index (χ1v) is 6.07. The highest BCUT2D eigenvalue weighted by atomic mass is 16.2. The number of nitrogens with two attached hydrogens (primary N) is 1. The number of carbonyl (C=O) groups is 1. The smallest absolute Gasteiger partial charge is 0.238 e. The molecule has 1 aromatic rings. The first-order valence-electron chi connectivity index (χ1n) is 6.07. The summed E-state index contributed by atoms with van der Waals surface area (Å²) in [4.78, 5) is 13.9. The second-order valence-corrected chi connectivity index (χ2v) is 4.55. The van der Waals surface area contributed by atoms with Crippen molar-refractivity contribution >= 4 is 11.6 Å². The van der Waals surface area contributed by atoms with Gasteiger partial charge in [0.25, 0.3) is 0 Å². The van der Waals surface area contributed by atoms with Gasteiger partial charge in [0.1, 0.15) is 0 Å². The molecule has 92 valence electrons. The van der Waals surface area contributed by atoms with Gasteiger partial charge in [-0.25, -0.2) is 0 Å². The zero-order chi connectivity index (χ0) is 12.1. The fourth-order valence-electron chi connectivity index (χ4n) is 2.16. The summed E-state index contributed by atoms with van der Waals surface area (Å²) in [5.74, 6) is 0.0327. The Morgan fingerprint density at radius 1 is 1.41 bits per heavy atom. The summed E-state index contributed by atoms with van der Waals surface area (Å²) < 4.78 is 0. The highest BCUT2D eigenvalue weighted by molar-refractivity contribution is 5.92. The third-order valence-corrected chi connectivity index (χ3v) is 2.97. The molecule has 2 rings (SSSR count). The Kier molecular flexibility index (Phi) is 4.12. The molecule has 1 aromatic carbocycles. The van der Waals surface area contributed by atoms with Crippen molar-refractivity contribution in [2.45, 2.75) is 18.9 Å². The van der Waals surface area contributed by atoms with Crippen molar-refractivity contribution < 1.29 is 4.79 Å². The maximum Gasteiger partial charge on any atom is 0.238 e. The predicted octanol–water partition coefficient (Wildman–Crippen LogP) is 1.05. The highest BCUT2D eigenvalue weighted by Crippen LogP contribution is 2.09. The number of rotatable bonds is 3. The van der Waals surface area contributed by atoms with E-state index < -0.39 is 0 Å². The van der Waals surface area contributed by atoms with Crippen LogP contribution in [0.2, 0.25) is 0 Å². The monoisotopic (exact) mass is 233 g/mol. The molecule has 1 amide bonds. The third-order valence-electron chi connectivity index (χ3n) is 2.97. The Balaban J connectivity index is 1.81. The van der Waals surface area contributed by atoms with Gasteiger partial charge in [0, 0.05) is 18.3 Å². The van der Waals surface area contributed by atoms with Crippen LogP contribution in [0.5, 0.6) is 0 Å². The Morgan fingerprint density at radius 3 is 2.88 bits per heavy atom. The number of piperidine rings is 1. The molecule has 1 aliphatic rings. The van der Waals surface area contributed by atoms with Gasteiger partial charge in [0.2, 0.25) is 5.91 Å². The van der Waals surface area contributed by atoms with E-state index in [1.807, 2.05) is 30.3 Å². The lowest BCUT2D eigenvalue weighted by molar-refractivity contribution is -0.117. The quantitative estimate of drug-likeness (QED) is 0.820. The fourth-order valence-corrected chi connectivity index (χ4v) is 2.16. The van der Waals surface area contributed by atoms with E-state index in [0.29, 0.717) is 6.54 Å². The summed E-state index contributed by atoms with van der Waals surface area (Å²) in [5.41, 5.74) is 6.73. The van der Waals surface area contributed by atoms with Crippen LogP contribution >= 0.6 is 0 Å². The molecule has 1 heterocycles. The Bertz CT molecular complexity index is 366. The second kappa shape index (κ2) is 5.80. The largest absolute Gasteiger partial charge is 0.327 e. The molecule has 1 saturated heterocycles. The van der Waals surface area contributed by atoms with E-state index in [1.54, 1.807) is 0 Å². The average molecular weight is 233 g/mol. The number of para-hydroxylation sites is 1.